The van der Waals surface area contributed by atoms with Gasteiger partial charge in [-0.2, -0.15) is 5.26 Å². The summed E-state index contributed by atoms with van der Waals surface area (Å²) >= 11 is 0. The van der Waals surface area contributed by atoms with Crippen LogP contribution in [0.3, 0.4) is 0 Å². The lowest BCUT2D eigenvalue weighted by Crippen LogP contribution is -2.36. The second-order valence-corrected chi connectivity index (χ2v) is 2.91. The molecule has 1 N–H and O–H groups in total. The highest BCUT2D eigenvalue weighted by Crippen LogP contribution is 2.24. The molecule has 1 fully saturated rings. The van der Waals surface area contributed by atoms with Gasteiger partial charge in [0.1, 0.15) is 0 Å². The molecule has 0 heterocycles. The first-order chi connectivity index (χ1) is 5.77. The molecule has 12 heavy (non-hydrogen) atoms. The maximum atomic E-state index is 10.8. The highest BCUT2D eigenvalue weighted by atomic mass is 16.5. The van der Waals surface area contributed by atoms with Gasteiger partial charge in [-0.05, 0) is 19.3 Å². The Morgan fingerprint density at radius 1 is 1.67 bits per heavy atom. The Morgan fingerprint density at radius 3 is 3.00 bits per heavy atom. The molecule has 0 saturated heterocycles. The number of carbonyl (C=O) groups is 1. The first kappa shape index (κ1) is 8.85. The van der Waals surface area contributed by atoms with Crippen LogP contribution in [0, 0.1) is 17.2 Å². The first-order valence-electron chi connectivity index (χ1n) is 4.02. The zero-order chi connectivity index (χ0) is 8.97. The van der Waals surface area contributed by atoms with Crippen LogP contribution in [0.25, 0.3) is 0 Å². The van der Waals surface area contributed by atoms with Crippen LogP contribution < -0.4 is 5.32 Å². The van der Waals surface area contributed by atoms with E-state index in [9.17, 15) is 4.79 Å². The minimum absolute atomic E-state index is 0.0116. The highest BCUT2D eigenvalue weighted by Gasteiger charge is 2.28. The van der Waals surface area contributed by atoms with Gasteiger partial charge >= 0.3 is 6.09 Å². The molecule has 2 atom stereocenters. The fraction of sp³-hybridized carbons (Fsp3) is 0.750. The molecule has 2 unspecified atom stereocenters. The van der Waals surface area contributed by atoms with Gasteiger partial charge in [-0.25, -0.2) is 4.79 Å². The molecule has 0 radical (unpaired) electrons. The van der Waals surface area contributed by atoms with E-state index in [1.54, 1.807) is 0 Å². The van der Waals surface area contributed by atoms with Gasteiger partial charge in [0.15, 0.2) is 0 Å². The largest absolute Gasteiger partial charge is 0.453 e. The number of nitrogens with one attached hydrogen (secondary N) is 1. The van der Waals surface area contributed by atoms with Gasteiger partial charge in [0, 0.05) is 6.04 Å². The molecule has 0 aromatic carbocycles. The summed E-state index contributed by atoms with van der Waals surface area (Å²) in [5, 5.41) is 11.3. The van der Waals surface area contributed by atoms with Crippen LogP contribution in [0.2, 0.25) is 0 Å². The first-order valence-corrected chi connectivity index (χ1v) is 4.02. The Morgan fingerprint density at radius 2 is 2.42 bits per heavy atom. The molecule has 1 saturated carbocycles. The Balaban J connectivity index is 2.42. The van der Waals surface area contributed by atoms with Gasteiger partial charge in [0.2, 0.25) is 0 Å². The van der Waals surface area contributed by atoms with Gasteiger partial charge in [-0.3, -0.25) is 0 Å². The summed E-state index contributed by atoms with van der Waals surface area (Å²) in [4.78, 5) is 10.8. The molecule has 0 aliphatic heterocycles. The van der Waals surface area contributed by atoms with Gasteiger partial charge in [-0.15, -0.1) is 0 Å². The van der Waals surface area contributed by atoms with Crippen LogP contribution in [0.15, 0.2) is 0 Å². The summed E-state index contributed by atoms with van der Waals surface area (Å²) in [6.45, 7) is 0. The van der Waals surface area contributed by atoms with Gasteiger partial charge in [0.05, 0.1) is 19.1 Å². The molecule has 1 aliphatic carbocycles. The summed E-state index contributed by atoms with van der Waals surface area (Å²) in [6, 6.07) is 2.16. The van der Waals surface area contributed by atoms with Gasteiger partial charge < -0.3 is 10.1 Å². The molecule has 0 aromatic heterocycles. The van der Waals surface area contributed by atoms with Crippen LogP contribution in [0.1, 0.15) is 19.3 Å². The Hall–Kier alpha value is -1.24. The third-order valence-electron chi connectivity index (χ3n) is 2.17. The molecule has 1 aliphatic rings. The Labute approximate surface area is 71.5 Å². The average molecular weight is 168 g/mol. The SMILES string of the molecule is COC(=O)NC1CCCC1C#N. The lowest BCUT2D eigenvalue weighted by molar-refractivity contribution is 0.165. The van der Waals surface area contributed by atoms with Crippen LogP contribution >= 0.6 is 0 Å². The van der Waals surface area contributed by atoms with E-state index in [1.807, 2.05) is 0 Å². The normalized spacial score (nSPS) is 27.7. The molecular formula is C8H12N2O2. The minimum Gasteiger partial charge on any atom is -0.453 e. The number of carbonyl (C=O) groups excluding carboxylic acids is 1. The average Bonchev–Trinajstić information content (AvgIpc) is 2.51. The number of hydrogen-bond acceptors (Lipinski definition) is 3. The number of alkyl carbamates (subject to hydrolysis) is 1. The topological polar surface area (TPSA) is 62.1 Å². The lowest BCUT2D eigenvalue weighted by Gasteiger charge is -2.13. The molecule has 0 bridgehead atoms. The number of hydrogen-bond donors (Lipinski definition) is 1. The monoisotopic (exact) mass is 168 g/mol. The Bertz CT molecular complexity index is 210. The van der Waals surface area contributed by atoms with Crippen LogP contribution in [-0.4, -0.2) is 19.2 Å². The predicted molar refractivity (Wildman–Crippen MR) is 42.3 cm³/mol. The quantitative estimate of drug-likeness (QED) is 0.636. The van der Waals surface area contributed by atoms with Crippen molar-refractivity contribution in [3.8, 4) is 6.07 Å². The van der Waals surface area contributed by atoms with Crippen molar-refractivity contribution in [1.29, 1.82) is 5.26 Å². The fourth-order valence-corrected chi connectivity index (χ4v) is 1.50. The van der Waals surface area contributed by atoms with E-state index in [0.29, 0.717) is 0 Å². The fourth-order valence-electron chi connectivity index (χ4n) is 1.50. The maximum absolute atomic E-state index is 10.8. The summed E-state index contributed by atoms with van der Waals surface area (Å²) in [5.41, 5.74) is 0. The summed E-state index contributed by atoms with van der Waals surface area (Å²) in [7, 11) is 1.33. The third-order valence-corrected chi connectivity index (χ3v) is 2.17. The van der Waals surface area contributed by atoms with Crippen molar-refractivity contribution < 1.29 is 9.53 Å². The molecule has 1 amide bonds. The number of nitriles is 1. The van der Waals surface area contributed by atoms with Crippen molar-refractivity contribution in [1.82, 2.24) is 5.32 Å². The highest BCUT2D eigenvalue weighted by molar-refractivity contribution is 5.67. The van der Waals surface area contributed by atoms with Gasteiger partial charge in [0.25, 0.3) is 0 Å². The number of rotatable bonds is 1. The van der Waals surface area contributed by atoms with E-state index in [1.165, 1.54) is 7.11 Å². The molecule has 0 spiro atoms. The number of nitrogens with zero attached hydrogens (tertiary/aromatic N) is 1. The lowest BCUT2D eigenvalue weighted by atomic mass is 10.1. The van der Waals surface area contributed by atoms with E-state index < -0.39 is 6.09 Å². The van der Waals surface area contributed by atoms with Crippen LogP contribution in [-0.2, 0) is 4.74 Å². The maximum Gasteiger partial charge on any atom is 0.407 e. The van der Waals surface area contributed by atoms with E-state index in [2.05, 4.69) is 16.1 Å². The number of methoxy groups -OCH3 is 1. The summed E-state index contributed by atoms with van der Waals surface area (Å²) in [5.74, 6) is -0.0379. The molecule has 0 aromatic rings. The smallest absolute Gasteiger partial charge is 0.407 e. The molecular weight excluding hydrogens is 156 g/mol. The third kappa shape index (κ3) is 1.88. The second-order valence-electron chi connectivity index (χ2n) is 2.91. The zero-order valence-electron chi connectivity index (χ0n) is 7.04. The Kier molecular flexibility index (Phi) is 2.92. The molecule has 66 valence electrons. The molecule has 4 nitrogen and oxygen atoms in total. The van der Waals surface area contributed by atoms with E-state index in [4.69, 9.17) is 5.26 Å². The summed E-state index contributed by atoms with van der Waals surface area (Å²) in [6.07, 6.45) is 2.33. The number of amides is 1. The van der Waals surface area contributed by atoms with Crippen molar-refractivity contribution >= 4 is 6.09 Å². The van der Waals surface area contributed by atoms with E-state index in [0.717, 1.165) is 19.3 Å². The standard InChI is InChI=1S/C8H12N2O2/c1-12-8(11)10-7-4-2-3-6(7)5-9/h6-7H,2-4H2,1H3,(H,10,11). The predicted octanol–water partition coefficient (Wildman–Crippen LogP) is 1.03. The van der Waals surface area contributed by atoms with Crippen molar-refractivity contribution in [2.45, 2.75) is 25.3 Å². The molecule has 4 heteroatoms. The minimum atomic E-state index is -0.442. The van der Waals surface area contributed by atoms with E-state index >= 15 is 0 Å². The summed E-state index contributed by atoms with van der Waals surface area (Å²) < 4.78 is 4.45. The van der Waals surface area contributed by atoms with Crippen molar-refractivity contribution in [2.24, 2.45) is 5.92 Å². The van der Waals surface area contributed by atoms with Crippen LogP contribution in [0.5, 0.6) is 0 Å². The zero-order valence-corrected chi connectivity index (χ0v) is 7.04. The molecule has 1 rings (SSSR count). The van der Waals surface area contributed by atoms with Crippen molar-refractivity contribution in [2.75, 3.05) is 7.11 Å². The second kappa shape index (κ2) is 3.96. The van der Waals surface area contributed by atoms with Gasteiger partial charge in [-0.1, -0.05) is 0 Å². The van der Waals surface area contributed by atoms with Crippen molar-refractivity contribution in [3.63, 3.8) is 0 Å². The van der Waals surface area contributed by atoms with E-state index in [-0.39, 0.29) is 12.0 Å². The number of ether oxygens (including phenoxy) is 1. The van der Waals surface area contributed by atoms with Crippen LogP contribution in [0.4, 0.5) is 4.79 Å². The van der Waals surface area contributed by atoms with Crippen molar-refractivity contribution in [3.05, 3.63) is 0 Å².